The van der Waals surface area contributed by atoms with Gasteiger partial charge in [-0.15, -0.1) is 0 Å². The molecule has 1 aromatic heterocycles. The lowest BCUT2D eigenvalue weighted by Gasteiger charge is -2.12. The number of nitrogens with zero attached hydrogens (tertiary/aromatic N) is 1. The normalized spacial score (nSPS) is 16.4. The number of aryl methyl sites for hydroxylation is 1. The summed E-state index contributed by atoms with van der Waals surface area (Å²) in [6.45, 7) is 0. The number of rotatable bonds is 4. The molecule has 0 N–H and O–H groups in total. The predicted molar refractivity (Wildman–Crippen MR) is 79.2 cm³/mol. The molecule has 108 valence electrons. The van der Waals surface area contributed by atoms with Crippen LogP contribution in [0, 0.1) is 0 Å². The second-order valence-electron chi connectivity index (χ2n) is 5.07. The van der Waals surface area contributed by atoms with Gasteiger partial charge in [0, 0.05) is 11.8 Å². The van der Waals surface area contributed by atoms with Crippen molar-refractivity contribution in [3.05, 3.63) is 53.3 Å². The van der Waals surface area contributed by atoms with E-state index in [1.807, 2.05) is 12.1 Å². The van der Waals surface area contributed by atoms with E-state index >= 15 is 0 Å². The third-order valence-corrected chi connectivity index (χ3v) is 3.94. The van der Waals surface area contributed by atoms with Crippen molar-refractivity contribution in [2.45, 2.75) is 18.8 Å². The molecule has 4 nitrogen and oxygen atoms in total. The fraction of sp³-hybridized carbons (Fsp3) is 0.294. The molecule has 0 aliphatic heterocycles. The summed E-state index contributed by atoms with van der Waals surface area (Å²) in [4.78, 5) is 17.1. The first-order chi connectivity index (χ1) is 10.2. The lowest BCUT2D eigenvalue weighted by atomic mass is 9.95. The van der Waals surface area contributed by atoms with E-state index in [1.54, 1.807) is 38.6 Å². The van der Waals surface area contributed by atoms with Gasteiger partial charge in [0.25, 0.3) is 0 Å². The molecule has 0 bridgehead atoms. The van der Waals surface area contributed by atoms with Crippen molar-refractivity contribution in [3.63, 3.8) is 0 Å². The molecule has 0 spiro atoms. The van der Waals surface area contributed by atoms with E-state index in [4.69, 9.17) is 9.47 Å². The topological polar surface area (TPSA) is 48.4 Å². The van der Waals surface area contributed by atoms with E-state index < -0.39 is 0 Å². The first-order valence-corrected chi connectivity index (χ1v) is 6.94. The summed E-state index contributed by atoms with van der Waals surface area (Å²) in [5, 5.41) is 0. The van der Waals surface area contributed by atoms with Gasteiger partial charge in [-0.2, -0.15) is 0 Å². The Morgan fingerprint density at radius 1 is 1.19 bits per heavy atom. The largest absolute Gasteiger partial charge is 0.493 e. The number of methoxy groups -OCH3 is 2. The number of ether oxygens (including phenoxy) is 2. The zero-order chi connectivity index (χ0) is 14.8. The summed E-state index contributed by atoms with van der Waals surface area (Å²) in [6.07, 6.45) is 3.48. The number of hydrogen-bond acceptors (Lipinski definition) is 4. The third kappa shape index (κ3) is 2.37. The molecule has 1 aliphatic carbocycles. The molecular weight excluding hydrogens is 266 g/mol. The summed E-state index contributed by atoms with van der Waals surface area (Å²) < 4.78 is 10.5. The highest BCUT2D eigenvalue weighted by molar-refractivity contribution is 6.01. The van der Waals surface area contributed by atoms with Crippen LogP contribution in [0.5, 0.6) is 11.5 Å². The van der Waals surface area contributed by atoms with Crippen LogP contribution in [0.2, 0.25) is 0 Å². The number of aromatic nitrogens is 1. The standard InChI is InChI=1S/C17H17NO3/c1-20-14-8-6-12(10-15(14)21-2)17(19)13-7-5-11-4-3-9-18-16(11)13/h3-4,6,8-10,13H,5,7H2,1-2H3. The second-order valence-corrected chi connectivity index (χ2v) is 5.07. The summed E-state index contributed by atoms with van der Waals surface area (Å²) >= 11 is 0. The summed E-state index contributed by atoms with van der Waals surface area (Å²) in [5.41, 5.74) is 2.73. The summed E-state index contributed by atoms with van der Waals surface area (Å²) in [7, 11) is 3.15. The van der Waals surface area contributed by atoms with Gasteiger partial charge in [-0.1, -0.05) is 6.07 Å². The molecule has 1 aromatic carbocycles. The number of ketones is 1. The minimum absolute atomic E-state index is 0.0911. The average molecular weight is 283 g/mol. The number of pyridine rings is 1. The number of hydrogen-bond donors (Lipinski definition) is 0. The Bertz CT molecular complexity index is 681. The maximum absolute atomic E-state index is 12.7. The third-order valence-electron chi connectivity index (χ3n) is 3.94. The van der Waals surface area contributed by atoms with Crippen LogP contribution >= 0.6 is 0 Å². The fourth-order valence-electron chi connectivity index (χ4n) is 2.86. The Kier molecular flexibility index (Phi) is 3.60. The van der Waals surface area contributed by atoms with Crippen molar-refractivity contribution in [2.75, 3.05) is 14.2 Å². The van der Waals surface area contributed by atoms with E-state index in [2.05, 4.69) is 4.98 Å². The van der Waals surface area contributed by atoms with Gasteiger partial charge in [0.05, 0.1) is 25.8 Å². The second kappa shape index (κ2) is 5.56. The van der Waals surface area contributed by atoms with Crippen LogP contribution in [0.25, 0.3) is 0 Å². The summed E-state index contributed by atoms with van der Waals surface area (Å²) in [6, 6.07) is 9.25. The van der Waals surface area contributed by atoms with Gasteiger partial charge in [-0.3, -0.25) is 9.78 Å². The number of fused-ring (bicyclic) bond motifs is 1. The molecule has 3 rings (SSSR count). The average Bonchev–Trinajstić information content (AvgIpc) is 2.97. The smallest absolute Gasteiger partial charge is 0.172 e. The van der Waals surface area contributed by atoms with Crippen molar-refractivity contribution in [2.24, 2.45) is 0 Å². The molecule has 21 heavy (non-hydrogen) atoms. The highest BCUT2D eigenvalue weighted by Crippen LogP contribution is 2.35. The van der Waals surface area contributed by atoms with E-state index in [0.717, 1.165) is 18.5 Å². The van der Waals surface area contributed by atoms with Crippen molar-refractivity contribution in [1.29, 1.82) is 0 Å². The number of benzene rings is 1. The first-order valence-electron chi connectivity index (χ1n) is 6.94. The summed E-state index contributed by atoms with van der Waals surface area (Å²) in [5.74, 6) is 1.13. The predicted octanol–water partition coefficient (Wildman–Crippen LogP) is 3.01. The van der Waals surface area contributed by atoms with Crippen LogP contribution in [0.4, 0.5) is 0 Å². The fourth-order valence-corrected chi connectivity index (χ4v) is 2.86. The molecule has 1 aliphatic rings. The van der Waals surface area contributed by atoms with Gasteiger partial charge in [-0.05, 0) is 42.7 Å². The maximum Gasteiger partial charge on any atom is 0.172 e. The lowest BCUT2D eigenvalue weighted by molar-refractivity contribution is 0.0957. The van der Waals surface area contributed by atoms with Crippen LogP contribution < -0.4 is 9.47 Å². The van der Waals surface area contributed by atoms with Gasteiger partial charge in [-0.25, -0.2) is 0 Å². The monoisotopic (exact) mass is 283 g/mol. The van der Waals surface area contributed by atoms with Gasteiger partial charge in [0.1, 0.15) is 0 Å². The minimum atomic E-state index is -0.153. The van der Waals surface area contributed by atoms with Gasteiger partial charge >= 0.3 is 0 Å². The molecule has 2 aromatic rings. The number of carbonyl (C=O) groups is 1. The lowest BCUT2D eigenvalue weighted by Crippen LogP contribution is -2.11. The number of Topliss-reactive ketones (excluding diaryl/α,β-unsaturated/α-hetero) is 1. The molecule has 0 saturated carbocycles. The van der Waals surface area contributed by atoms with E-state index in [0.29, 0.717) is 17.1 Å². The molecule has 1 unspecified atom stereocenters. The van der Waals surface area contributed by atoms with Crippen molar-refractivity contribution in [3.8, 4) is 11.5 Å². The molecular formula is C17H17NO3. The highest BCUT2D eigenvalue weighted by atomic mass is 16.5. The Morgan fingerprint density at radius 2 is 2.00 bits per heavy atom. The Balaban J connectivity index is 1.93. The molecule has 0 amide bonds. The Morgan fingerprint density at radius 3 is 2.76 bits per heavy atom. The van der Waals surface area contributed by atoms with E-state index in [1.165, 1.54) is 5.56 Å². The van der Waals surface area contributed by atoms with Crippen molar-refractivity contribution in [1.82, 2.24) is 4.98 Å². The van der Waals surface area contributed by atoms with Crippen LogP contribution in [0.3, 0.4) is 0 Å². The van der Waals surface area contributed by atoms with Crippen LogP contribution in [-0.4, -0.2) is 25.0 Å². The van der Waals surface area contributed by atoms with E-state index in [-0.39, 0.29) is 11.7 Å². The molecule has 1 heterocycles. The van der Waals surface area contributed by atoms with Crippen molar-refractivity contribution >= 4 is 5.78 Å². The van der Waals surface area contributed by atoms with Crippen LogP contribution in [-0.2, 0) is 6.42 Å². The van der Waals surface area contributed by atoms with Gasteiger partial charge in [0.15, 0.2) is 17.3 Å². The van der Waals surface area contributed by atoms with Gasteiger partial charge < -0.3 is 9.47 Å². The first kappa shape index (κ1) is 13.6. The zero-order valence-electron chi connectivity index (χ0n) is 12.1. The molecule has 1 atom stereocenters. The molecule has 0 radical (unpaired) electrons. The van der Waals surface area contributed by atoms with E-state index in [9.17, 15) is 4.79 Å². The maximum atomic E-state index is 12.7. The van der Waals surface area contributed by atoms with Crippen molar-refractivity contribution < 1.29 is 14.3 Å². The SMILES string of the molecule is COc1ccc(C(=O)C2CCc3cccnc32)cc1OC. The quantitative estimate of drug-likeness (QED) is 0.809. The minimum Gasteiger partial charge on any atom is -0.493 e. The Labute approximate surface area is 123 Å². The van der Waals surface area contributed by atoms with Crippen LogP contribution in [0.1, 0.15) is 34.0 Å². The highest BCUT2D eigenvalue weighted by Gasteiger charge is 2.30. The molecule has 0 fully saturated rings. The Hall–Kier alpha value is -2.36. The van der Waals surface area contributed by atoms with Crippen LogP contribution in [0.15, 0.2) is 36.5 Å². The molecule has 4 heteroatoms. The molecule has 0 saturated heterocycles. The van der Waals surface area contributed by atoms with Gasteiger partial charge in [0.2, 0.25) is 0 Å². The zero-order valence-corrected chi connectivity index (χ0v) is 12.1. The number of carbonyl (C=O) groups excluding carboxylic acids is 1.